The van der Waals surface area contributed by atoms with Crippen LogP contribution in [0.5, 0.6) is 5.88 Å². The molecule has 124 valence electrons. The Kier molecular flexibility index (Phi) is 3.97. The van der Waals surface area contributed by atoms with Gasteiger partial charge in [-0.05, 0) is 39.8 Å². The Bertz CT molecular complexity index is 948. The maximum atomic E-state index is 12.2. The molecule has 0 atom stereocenters. The number of amides is 1. The SMILES string of the molecule is Cc1cc(C(=O)N=Nc2c(O)n(C(C)C)c3ccccc23)c(C)o1. The van der Waals surface area contributed by atoms with Crippen molar-refractivity contribution in [3.63, 3.8) is 0 Å². The second kappa shape index (κ2) is 5.96. The molecule has 2 aromatic heterocycles. The van der Waals surface area contributed by atoms with Gasteiger partial charge in [0.1, 0.15) is 11.5 Å². The molecular formula is C18H19N3O3. The Hall–Kier alpha value is -2.89. The number of nitrogens with zero attached hydrogens (tertiary/aromatic N) is 3. The summed E-state index contributed by atoms with van der Waals surface area (Å²) in [5.74, 6) is 0.656. The van der Waals surface area contributed by atoms with E-state index in [1.807, 2.05) is 38.1 Å². The van der Waals surface area contributed by atoms with E-state index in [0.29, 0.717) is 22.8 Å². The third kappa shape index (κ3) is 2.60. The van der Waals surface area contributed by atoms with E-state index in [-0.39, 0.29) is 11.9 Å². The number of azo groups is 1. The Balaban J connectivity index is 2.06. The molecule has 3 aromatic rings. The fraction of sp³-hybridized carbons (Fsp3) is 0.278. The minimum Gasteiger partial charge on any atom is -0.493 e. The number of benzene rings is 1. The van der Waals surface area contributed by atoms with E-state index < -0.39 is 5.91 Å². The summed E-state index contributed by atoms with van der Waals surface area (Å²) >= 11 is 0. The van der Waals surface area contributed by atoms with Gasteiger partial charge in [-0.25, -0.2) is 0 Å². The highest BCUT2D eigenvalue weighted by molar-refractivity contribution is 5.98. The van der Waals surface area contributed by atoms with Crippen LogP contribution in [-0.2, 0) is 0 Å². The fourth-order valence-electron chi connectivity index (χ4n) is 2.85. The van der Waals surface area contributed by atoms with Crippen LogP contribution < -0.4 is 0 Å². The van der Waals surface area contributed by atoms with E-state index in [4.69, 9.17) is 4.42 Å². The third-order valence-electron chi connectivity index (χ3n) is 3.89. The van der Waals surface area contributed by atoms with Crippen molar-refractivity contribution in [1.82, 2.24) is 4.57 Å². The molecule has 1 aromatic carbocycles. The zero-order chi connectivity index (χ0) is 17.4. The molecule has 3 rings (SSSR count). The molecule has 0 fully saturated rings. The predicted molar refractivity (Wildman–Crippen MR) is 91.0 cm³/mol. The van der Waals surface area contributed by atoms with Crippen LogP contribution in [0.4, 0.5) is 5.69 Å². The van der Waals surface area contributed by atoms with Gasteiger partial charge in [0.25, 0.3) is 5.91 Å². The molecule has 0 radical (unpaired) electrons. The standard InChI is InChI=1S/C18H19N3O3/c1-10(2)21-15-8-6-5-7-13(15)16(18(21)23)19-20-17(22)14-9-11(3)24-12(14)4/h5-10,23H,1-4H3. The lowest BCUT2D eigenvalue weighted by Crippen LogP contribution is -1.98. The number of carbonyl (C=O) groups excluding carboxylic acids is 1. The number of hydrogen-bond acceptors (Lipinski definition) is 4. The fourth-order valence-corrected chi connectivity index (χ4v) is 2.85. The van der Waals surface area contributed by atoms with Crippen LogP contribution in [0.25, 0.3) is 10.9 Å². The van der Waals surface area contributed by atoms with Crippen LogP contribution in [0.3, 0.4) is 0 Å². The summed E-state index contributed by atoms with van der Waals surface area (Å²) in [7, 11) is 0. The molecule has 6 heteroatoms. The van der Waals surface area contributed by atoms with E-state index in [2.05, 4.69) is 10.2 Å². The molecule has 1 N–H and O–H groups in total. The van der Waals surface area contributed by atoms with Crippen LogP contribution in [0.1, 0.15) is 41.8 Å². The summed E-state index contributed by atoms with van der Waals surface area (Å²) in [6.07, 6.45) is 0. The van der Waals surface area contributed by atoms with Gasteiger partial charge in [-0.3, -0.25) is 4.79 Å². The molecule has 2 heterocycles. The number of aromatic nitrogens is 1. The van der Waals surface area contributed by atoms with Crippen molar-refractivity contribution in [2.24, 2.45) is 10.2 Å². The number of para-hydroxylation sites is 1. The van der Waals surface area contributed by atoms with Crippen molar-refractivity contribution in [1.29, 1.82) is 0 Å². The van der Waals surface area contributed by atoms with Gasteiger partial charge < -0.3 is 14.1 Å². The molecule has 24 heavy (non-hydrogen) atoms. The first-order valence-corrected chi connectivity index (χ1v) is 7.75. The van der Waals surface area contributed by atoms with Gasteiger partial charge >= 0.3 is 0 Å². The highest BCUT2D eigenvalue weighted by Gasteiger charge is 2.19. The number of fused-ring (bicyclic) bond motifs is 1. The number of aryl methyl sites for hydroxylation is 2. The van der Waals surface area contributed by atoms with Gasteiger partial charge in [-0.2, -0.15) is 0 Å². The molecule has 0 saturated carbocycles. The van der Waals surface area contributed by atoms with Crippen molar-refractivity contribution in [3.05, 3.63) is 47.4 Å². The van der Waals surface area contributed by atoms with Gasteiger partial charge in [0.2, 0.25) is 5.88 Å². The molecule has 1 amide bonds. The Morgan fingerprint density at radius 3 is 2.58 bits per heavy atom. The van der Waals surface area contributed by atoms with Gasteiger partial charge in [0, 0.05) is 11.4 Å². The average Bonchev–Trinajstić information content (AvgIpc) is 3.01. The molecule has 0 spiro atoms. The number of furan rings is 1. The maximum Gasteiger partial charge on any atom is 0.298 e. The topological polar surface area (TPSA) is 80.1 Å². The van der Waals surface area contributed by atoms with E-state index in [0.717, 1.165) is 10.9 Å². The summed E-state index contributed by atoms with van der Waals surface area (Å²) in [6.45, 7) is 7.41. The number of rotatable bonds is 3. The van der Waals surface area contributed by atoms with Crippen LogP contribution in [0.15, 0.2) is 45.0 Å². The van der Waals surface area contributed by atoms with Crippen LogP contribution in [-0.4, -0.2) is 15.6 Å². The van der Waals surface area contributed by atoms with E-state index in [1.54, 1.807) is 24.5 Å². The number of hydrogen-bond donors (Lipinski definition) is 1. The maximum absolute atomic E-state index is 12.2. The van der Waals surface area contributed by atoms with E-state index >= 15 is 0 Å². The van der Waals surface area contributed by atoms with Gasteiger partial charge in [0.05, 0.1) is 11.1 Å². The lowest BCUT2D eigenvalue weighted by atomic mass is 10.2. The van der Waals surface area contributed by atoms with Crippen LogP contribution >= 0.6 is 0 Å². The first-order chi connectivity index (χ1) is 11.4. The van der Waals surface area contributed by atoms with Crippen molar-refractivity contribution >= 4 is 22.5 Å². The van der Waals surface area contributed by atoms with Crippen LogP contribution in [0, 0.1) is 13.8 Å². The Morgan fingerprint density at radius 2 is 1.96 bits per heavy atom. The van der Waals surface area contributed by atoms with Gasteiger partial charge in [-0.15, -0.1) is 10.2 Å². The summed E-state index contributed by atoms with van der Waals surface area (Å²) in [5.41, 5.74) is 1.52. The molecule has 0 aliphatic heterocycles. The van der Waals surface area contributed by atoms with Crippen molar-refractivity contribution in [2.75, 3.05) is 0 Å². The summed E-state index contributed by atoms with van der Waals surface area (Å²) in [4.78, 5) is 12.2. The monoisotopic (exact) mass is 325 g/mol. The highest BCUT2D eigenvalue weighted by Crippen LogP contribution is 2.40. The predicted octanol–water partition coefficient (Wildman–Crippen LogP) is 5.06. The third-order valence-corrected chi connectivity index (χ3v) is 3.89. The van der Waals surface area contributed by atoms with E-state index in [9.17, 15) is 9.90 Å². The summed E-state index contributed by atoms with van der Waals surface area (Å²) in [6, 6.07) is 9.18. The minimum atomic E-state index is -0.495. The van der Waals surface area contributed by atoms with Crippen molar-refractivity contribution in [2.45, 2.75) is 33.7 Å². The first kappa shape index (κ1) is 16.0. The smallest absolute Gasteiger partial charge is 0.298 e. The first-order valence-electron chi connectivity index (χ1n) is 7.75. The lowest BCUT2D eigenvalue weighted by molar-refractivity contribution is 0.0993. The zero-order valence-corrected chi connectivity index (χ0v) is 14.1. The average molecular weight is 325 g/mol. The minimum absolute atomic E-state index is 0.00264. The molecular weight excluding hydrogens is 306 g/mol. The van der Waals surface area contributed by atoms with Crippen LogP contribution in [0.2, 0.25) is 0 Å². The second-order valence-corrected chi connectivity index (χ2v) is 5.99. The highest BCUT2D eigenvalue weighted by atomic mass is 16.3. The van der Waals surface area contributed by atoms with Crippen molar-refractivity contribution in [3.8, 4) is 5.88 Å². The normalized spacial score (nSPS) is 11.9. The Morgan fingerprint density at radius 1 is 1.25 bits per heavy atom. The van der Waals surface area contributed by atoms with Gasteiger partial charge in [-0.1, -0.05) is 18.2 Å². The molecule has 6 nitrogen and oxygen atoms in total. The zero-order valence-electron chi connectivity index (χ0n) is 14.1. The van der Waals surface area contributed by atoms with E-state index in [1.165, 1.54) is 0 Å². The summed E-state index contributed by atoms with van der Waals surface area (Å²) < 4.78 is 7.11. The molecule has 0 bridgehead atoms. The molecule has 0 saturated heterocycles. The Labute approximate surface area is 139 Å². The lowest BCUT2D eigenvalue weighted by Gasteiger charge is -2.10. The molecule has 0 unspecified atom stereocenters. The molecule has 0 aliphatic rings. The largest absolute Gasteiger partial charge is 0.493 e. The summed E-state index contributed by atoms with van der Waals surface area (Å²) in [5, 5.41) is 19.1. The molecule has 0 aliphatic carbocycles. The number of aromatic hydroxyl groups is 1. The van der Waals surface area contributed by atoms with Crippen molar-refractivity contribution < 1.29 is 14.3 Å². The quantitative estimate of drug-likeness (QED) is 0.683. The second-order valence-electron chi connectivity index (χ2n) is 5.99. The number of carbonyl (C=O) groups is 1. The van der Waals surface area contributed by atoms with Gasteiger partial charge in [0.15, 0.2) is 5.69 Å².